The van der Waals surface area contributed by atoms with Gasteiger partial charge in [0.2, 0.25) is 10.1 Å². The number of halogens is 1. The van der Waals surface area contributed by atoms with Gasteiger partial charge < -0.3 is 0 Å². The van der Waals surface area contributed by atoms with Crippen LogP contribution in [0.15, 0.2) is 40.3 Å². The van der Waals surface area contributed by atoms with Crippen LogP contribution in [-0.4, -0.2) is 29.8 Å². The van der Waals surface area contributed by atoms with Gasteiger partial charge in [-0.3, -0.25) is 9.89 Å². The number of fused-ring (bicyclic) bond motifs is 1. The molecule has 30 heavy (non-hydrogen) atoms. The number of benzene rings is 1. The summed E-state index contributed by atoms with van der Waals surface area (Å²) in [5.74, 6) is 1.65. The minimum absolute atomic E-state index is 0.134. The molecule has 0 spiro atoms. The van der Waals surface area contributed by atoms with Crippen LogP contribution in [0.5, 0.6) is 0 Å². The Hall–Kier alpha value is -2.23. The average molecular weight is 459 g/mol. The number of nitrogens with zero attached hydrogens (tertiary/aromatic N) is 5. The van der Waals surface area contributed by atoms with Crippen molar-refractivity contribution in [3.05, 3.63) is 56.4 Å². The Morgan fingerprint density at radius 1 is 1.17 bits per heavy atom. The summed E-state index contributed by atoms with van der Waals surface area (Å²) in [5, 5.41) is 14.1. The van der Waals surface area contributed by atoms with E-state index >= 15 is 0 Å². The summed E-state index contributed by atoms with van der Waals surface area (Å²) in [6.45, 7) is 0. The highest BCUT2D eigenvalue weighted by Crippen LogP contribution is 2.34. The monoisotopic (exact) mass is 458 g/mol. The fourth-order valence-electron chi connectivity index (χ4n) is 3.65. The SMILES string of the molecule is O=c1cc(CSc2n[nH]c(-c3ccc(Cl)cc3)n2)nc2sc(C3CCCCC3)nn12. The average Bonchev–Trinajstić information content (AvgIpc) is 3.41. The van der Waals surface area contributed by atoms with E-state index in [1.165, 1.54) is 46.9 Å². The lowest BCUT2D eigenvalue weighted by atomic mass is 9.90. The summed E-state index contributed by atoms with van der Waals surface area (Å²) in [6, 6.07) is 8.96. The van der Waals surface area contributed by atoms with Crippen molar-refractivity contribution in [2.45, 2.75) is 48.9 Å². The van der Waals surface area contributed by atoms with Crippen molar-refractivity contribution in [3.8, 4) is 11.4 Å². The van der Waals surface area contributed by atoms with Gasteiger partial charge in [0, 0.05) is 28.3 Å². The highest BCUT2D eigenvalue weighted by Gasteiger charge is 2.20. The van der Waals surface area contributed by atoms with Crippen LogP contribution in [-0.2, 0) is 5.75 Å². The quantitative estimate of drug-likeness (QED) is 0.426. The third-order valence-corrected chi connectivity index (χ3v) is 7.40. The van der Waals surface area contributed by atoms with Crippen LogP contribution in [0.4, 0.5) is 0 Å². The van der Waals surface area contributed by atoms with Crippen LogP contribution in [0, 0.1) is 0 Å². The molecule has 1 aliphatic rings. The molecule has 7 nitrogen and oxygen atoms in total. The molecule has 0 aliphatic heterocycles. The lowest BCUT2D eigenvalue weighted by Crippen LogP contribution is -2.15. The van der Waals surface area contributed by atoms with E-state index in [0.29, 0.717) is 38.3 Å². The summed E-state index contributed by atoms with van der Waals surface area (Å²) < 4.78 is 1.44. The van der Waals surface area contributed by atoms with Crippen LogP contribution in [0.3, 0.4) is 0 Å². The second-order valence-corrected chi connectivity index (χ2v) is 9.68. The van der Waals surface area contributed by atoms with Crippen molar-refractivity contribution < 1.29 is 0 Å². The smallest absolute Gasteiger partial charge is 0.267 e. The molecule has 1 fully saturated rings. The Morgan fingerprint density at radius 3 is 2.77 bits per heavy atom. The molecule has 1 saturated carbocycles. The zero-order valence-electron chi connectivity index (χ0n) is 16.0. The second kappa shape index (κ2) is 8.49. The maximum atomic E-state index is 12.5. The van der Waals surface area contributed by atoms with Gasteiger partial charge in [-0.1, -0.05) is 54.0 Å². The molecule has 1 aromatic carbocycles. The predicted octanol–water partition coefficient (Wildman–Crippen LogP) is 4.93. The molecule has 0 unspecified atom stereocenters. The molecule has 0 radical (unpaired) electrons. The molecule has 0 bridgehead atoms. The number of H-pyrrole nitrogens is 1. The lowest BCUT2D eigenvalue weighted by molar-refractivity contribution is 0.439. The van der Waals surface area contributed by atoms with Crippen LogP contribution >= 0.6 is 34.7 Å². The molecule has 0 amide bonds. The molecule has 0 saturated heterocycles. The van der Waals surface area contributed by atoms with E-state index in [1.807, 2.05) is 24.3 Å². The summed E-state index contributed by atoms with van der Waals surface area (Å²) in [5.41, 5.74) is 1.49. The summed E-state index contributed by atoms with van der Waals surface area (Å²) in [6.07, 6.45) is 6.07. The molecule has 3 aromatic heterocycles. The van der Waals surface area contributed by atoms with Gasteiger partial charge in [0.25, 0.3) is 5.56 Å². The van der Waals surface area contributed by atoms with E-state index in [-0.39, 0.29) is 5.56 Å². The van der Waals surface area contributed by atoms with Crippen molar-refractivity contribution >= 4 is 39.7 Å². The van der Waals surface area contributed by atoms with Crippen molar-refractivity contribution in [1.29, 1.82) is 0 Å². The zero-order chi connectivity index (χ0) is 20.5. The lowest BCUT2D eigenvalue weighted by Gasteiger charge is -2.18. The molecule has 3 heterocycles. The Kier molecular flexibility index (Phi) is 5.58. The zero-order valence-corrected chi connectivity index (χ0v) is 18.4. The van der Waals surface area contributed by atoms with Crippen LogP contribution in [0.2, 0.25) is 5.02 Å². The maximum absolute atomic E-state index is 12.5. The summed E-state index contributed by atoms with van der Waals surface area (Å²) >= 11 is 8.91. The minimum Gasteiger partial charge on any atom is -0.267 e. The molecule has 10 heteroatoms. The normalized spacial score (nSPS) is 15.1. The van der Waals surface area contributed by atoms with E-state index in [1.54, 1.807) is 6.07 Å². The van der Waals surface area contributed by atoms with Gasteiger partial charge in [-0.15, -0.1) is 5.10 Å². The highest BCUT2D eigenvalue weighted by atomic mass is 35.5. The van der Waals surface area contributed by atoms with Crippen molar-refractivity contribution in [3.63, 3.8) is 0 Å². The third kappa shape index (κ3) is 4.14. The van der Waals surface area contributed by atoms with Gasteiger partial charge in [0.05, 0.1) is 5.69 Å². The first kappa shape index (κ1) is 19.7. The Balaban J connectivity index is 1.32. The van der Waals surface area contributed by atoms with E-state index < -0.39 is 0 Å². The molecular weight excluding hydrogens is 440 g/mol. The van der Waals surface area contributed by atoms with E-state index in [4.69, 9.17) is 11.6 Å². The number of aromatic amines is 1. The summed E-state index contributed by atoms with van der Waals surface area (Å²) in [4.78, 5) is 22.4. The van der Waals surface area contributed by atoms with E-state index in [2.05, 4.69) is 25.3 Å². The number of aromatic nitrogens is 6. The fraction of sp³-hybridized carbons (Fsp3) is 0.350. The Morgan fingerprint density at radius 2 is 1.97 bits per heavy atom. The first-order valence-electron chi connectivity index (χ1n) is 9.86. The topological polar surface area (TPSA) is 88.8 Å². The van der Waals surface area contributed by atoms with Gasteiger partial charge in [-0.25, -0.2) is 9.97 Å². The van der Waals surface area contributed by atoms with E-state index in [9.17, 15) is 4.79 Å². The van der Waals surface area contributed by atoms with Crippen LogP contribution in [0.1, 0.15) is 48.7 Å². The van der Waals surface area contributed by atoms with Gasteiger partial charge >= 0.3 is 0 Å². The van der Waals surface area contributed by atoms with Gasteiger partial charge in [0.15, 0.2) is 5.82 Å². The number of hydrogen-bond acceptors (Lipinski definition) is 7. The molecule has 1 aliphatic carbocycles. The molecule has 0 atom stereocenters. The first-order valence-corrected chi connectivity index (χ1v) is 12.0. The predicted molar refractivity (Wildman–Crippen MR) is 119 cm³/mol. The first-order chi connectivity index (χ1) is 14.7. The van der Waals surface area contributed by atoms with Gasteiger partial charge in [0.1, 0.15) is 5.01 Å². The standard InChI is InChI=1S/C20H19ClN6OS2/c21-14-8-6-12(7-9-14)17-23-19(25-24-17)29-11-15-10-16(28)27-20(22-15)30-18(26-27)13-4-2-1-3-5-13/h6-10,13H,1-5,11H2,(H,23,24,25). The third-order valence-electron chi connectivity index (χ3n) is 5.20. The molecular formula is C20H19ClN6OS2. The fourth-order valence-corrected chi connectivity index (χ4v) is 5.55. The molecule has 154 valence electrons. The minimum atomic E-state index is -0.134. The number of hydrogen-bond donors (Lipinski definition) is 1. The molecule has 1 N–H and O–H groups in total. The van der Waals surface area contributed by atoms with Gasteiger partial charge in [-0.2, -0.15) is 9.61 Å². The Bertz CT molecular complexity index is 1230. The van der Waals surface area contributed by atoms with Gasteiger partial charge in [-0.05, 0) is 37.1 Å². The largest absolute Gasteiger partial charge is 0.275 e. The molecule has 4 aromatic rings. The van der Waals surface area contributed by atoms with Crippen molar-refractivity contribution in [1.82, 2.24) is 29.8 Å². The Labute approximate surface area is 185 Å². The van der Waals surface area contributed by atoms with Crippen molar-refractivity contribution in [2.24, 2.45) is 0 Å². The number of rotatable bonds is 5. The summed E-state index contributed by atoms with van der Waals surface area (Å²) in [7, 11) is 0. The maximum Gasteiger partial charge on any atom is 0.275 e. The van der Waals surface area contributed by atoms with Crippen LogP contribution < -0.4 is 5.56 Å². The second-order valence-electron chi connectivity index (χ2n) is 7.32. The number of thioether (sulfide) groups is 1. The molecule has 5 rings (SSSR count). The highest BCUT2D eigenvalue weighted by molar-refractivity contribution is 7.98. The van der Waals surface area contributed by atoms with Crippen LogP contribution in [0.25, 0.3) is 16.3 Å². The van der Waals surface area contributed by atoms with E-state index in [0.717, 1.165) is 23.4 Å². The number of nitrogens with one attached hydrogen (secondary N) is 1. The van der Waals surface area contributed by atoms with Crippen molar-refractivity contribution in [2.75, 3.05) is 0 Å².